The van der Waals surface area contributed by atoms with Crippen molar-refractivity contribution in [2.75, 3.05) is 21.1 Å². The van der Waals surface area contributed by atoms with E-state index in [0.29, 0.717) is 0 Å². The monoisotopic (exact) mass is 142 g/mol. The van der Waals surface area contributed by atoms with Gasteiger partial charge in [-0.15, -0.1) is 4.91 Å². The van der Waals surface area contributed by atoms with Crippen LogP contribution in [0.4, 0.5) is 0 Å². The van der Waals surface area contributed by atoms with Crippen LogP contribution in [0.3, 0.4) is 0 Å². The zero-order valence-electron chi connectivity index (χ0n) is 5.18. The molecule has 0 bridgehead atoms. The maximum Gasteiger partial charge on any atom is 0.152 e. The molecule has 8 heavy (non-hydrogen) atoms. The second-order valence-corrected chi connectivity index (χ2v) is 1.58. The number of hydrogen-bond acceptors (Lipinski definition) is 2. The third kappa shape index (κ3) is 997. The maximum atomic E-state index is 8.11. The lowest BCUT2D eigenvalue weighted by atomic mass is 11.0. The fraction of sp³-hybridized carbons (Fsp3) is 1.00. The van der Waals surface area contributed by atoms with Gasteiger partial charge in [0.25, 0.3) is 0 Å². The third-order valence-electron chi connectivity index (χ3n) is 0. The standard InChI is InChI=1S/C3H9N.ClH.HNO2/c1-4(2)3;;2-1-3/h1-3H3;1H;(H,2,3). The highest BCUT2D eigenvalue weighted by Gasteiger charge is 1.61. The Morgan fingerprint density at radius 3 is 1.38 bits per heavy atom. The molecule has 0 aliphatic carbocycles. The van der Waals surface area contributed by atoms with Crippen LogP contribution in [0.2, 0.25) is 0 Å². The van der Waals surface area contributed by atoms with E-state index >= 15 is 0 Å². The van der Waals surface area contributed by atoms with E-state index in [0.717, 1.165) is 0 Å². The van der Waals surface area contributed by atoms with Gasteiger partial charge in [-0.3, -0.25) is 0 Å². The van der Waals surface area contributed by atoms with Gasteiger partial charge in [0, 0.05) is 0 Å². The second kappa shape index (κ2) is 15.9. The Labute approximate surface area is 54.8 Å². The first-order chi connectivity index (χ1) is 3.15. The van der Waals surface area contributed by atoms with Crippen molar-refractivity contribution in [2.45, 2.75) is 0 Å². The van der Waals surface area contributed by atoms with Crippen LogP contribution in [0.25, 0.3) is 0 Å². The maximum absolute atomic E-state index is 8.11. The van der Waals surface area contributed by atoms with Gasteiger partial charge >= 0.3 is 0 Å². The summed E-state index contributed by atoms with van der Waals surface area (Å²) in [5.41, 5.74) is 0. The molecule has 0 rings (SSSR count). The van der Waals surface area contributed by atoms with E-state index < -0.39 is 0 Å². The predicted octanol–water partition coefficient (Wildman–Crippen LogP) is -4.09. The highest BCUT2D eigenvalue weighted by molar-refractivity contribution is 3.83. The van der Waals surface area contributed by atoms with Crippen LogP contribution >= 0.6 is 0 Å². The molecule has 0 aliphatic heterocycles. The molecule has 0 radical (unpaired) electrons. The van der Waals surface area contributed by atoms with E-state index in [-0.39, 0.29) is 12.4 Å². The molecule has 4 nitrogen and oxygen atoms in total. The topological polar surface area (TPSA) is 54.1 Å². The average molecular weight is 143 g/mol. The van der Waals surface area contributed by atoms with Gasteiger partial charge in [-0.2, -0.15) is 0 Å². The molecule has 2 N–H and O–H groups in total. The normalized spacial score (nSPS) is 6.00. The summed E-state index contributed by atoms with van der Waals surface area (Å²) in [4.78, 5) is 9.53. The van der Waals surface area contributed by atoms with Crippen LogP contribution in [0.15, 0.2) is 5.34 Å². The smallest absolute Gasteiger partial charge is 0.152 e. The van der Waals surface area contributed by atoms with Gasteiger partial charge in [-0.05, 0) is 0 Å². The van der Waals surface area contributed by atoms with Crippen molar-refractivity contribution in [1.29, 1.82) is 0 Å². The molecule has 0 unspecified atom stereocenters. The molecule has 0 heterocycles. The van der Waals surface area contributed by atoms with Crippen molar-refractivity contribution in [3.05, 3.63) is 4.91 Å². The summed E-state index contributed by atoms with van der Waals surface area (Å²) in [5, 5.41) is 7.89. The van der Waals surface area contributed by atoms with Crippen LogP contribution in [-0.2, 0) is 0 Å². The Morgan fingerprint density at radius 2 is 1.38 bits per heavy atom. The van der Waals surface area contributed by atoms with E-state index in [2.05, 4.69) is 21.1 Å². The van der Waals surface area contributed by atoms with Crippen molar-refractivity contribution in [1.82, 2.24) is 0 Å². The Hall–Kier alpha value is -0.350. The zero-order valence-corrected chi connectivity index (χ0v) is 5.94. The van der Waals surface area contributed by atoms with Gasteiger partial charge in [0.15, 0.2) is 5.34 Å². The number of nitrogens with one attached hydrogen (secondary N) is 1. The molecule has 0 aromatic rings. The highest BCUT2D eigenvalue weighted by atomic mass is 35.5. The quantitative estimate of drug-likeness (QED) is 0.267. The highest BCUT2D eigenvalue weighted by Crippen LogP contribution is 1.25. The van der Waals surface area contributed by atoms with Crippen LogP contribution < -0.4 is 17.3 Å². The molecule has 0 fully saturated rings. The van der Waals surface area contributed by atoms with Crippen molar-refractivity contribution >= 4 is 0 Å². The Bertz CT molecular complexity index is 39.5. The number of hydrogen-bond donors (Lipinski definition) is 2. The minimum absolute atomic E-state index is 0. The first-order valence-electron chi connectivity index (χ1n) is 1.88. The fourth-order valence-corrected chi connectivity index (χ4v) is 0. The van der Waals surface area contributed by atoms with Crippen LogP contribution in [0.5, 0.6) is 0 Å². The van der Waals surface area contributed by atoms with E-state index in [1.807, 2.05) is 0 Å². The minimum atomic E-state index is 0. The van der Waals surface area contributed by atoms with Crippen molar-refractivity contribution in [3.8, 4) is 0 Å². The lowest BCUT2D eigenvalue weighted by Crippen LogP contribution is -3.02. The summed E-state index contributed by atoms with van der Waals surface area (Å²) >= 11 is 0. The second-order valence-electron chi connectivity index (χ2n) is 1.58. The van der Waals surface area contributed by atoms with Gasteiger partial charge in [0.05, 0.1) is 21.1 Å². The molecular weight excluding hydrogens is 131 g/mol. The lowest BCUT2D eigenvalue weighted by molar-refractivity contribution is -0.836. The van der Waals surface area contributed by atoms with Crippen molar-refractivity contribution in [3.63, 3.8) is 0 Å². The van der Waals surface area contributed by atoms with Gasteiger partial charge < -0.3 is 22.5 Å². The molecule has 5 heteroatoms. The zero-order chi connectivity index (χ0) is 6.28. The molecule has 0 atom stereocenters. The molecule has 52 valence electrons. The van der Waals surface area contributed by atoms with Gasteiger partial charge in [0.2, 0.25) is 0 Å². The molecule has 0 aromatic carbocycles. The van der Waals surface area contributed by atoms with Crippen LogP contribution in [-0.4, -0.2) is 26.4 Å². The fourth-order valence-electron chi connectivity index (χ4n) is 0. The van der Waals surface area contributed by atoms with E-state index in [4.69, 9.17) is 10.1 Å². The number of halogens is 1. The molecule has 0 spiro atoms. The summed E-state index contributed by atoms with van der Waals surface area (Å²) in [7, 11) is 6.25. The van der Waals surface area contributed by atoms with Gasteiger partial charge in [-0.25, -0.2) is 0 Å². The van der Waals surface area contributed by atoms with Crippen LogP contribution in [0.1, 0.15) is 0 Å². The summed E-state index contributed by atoms with van der Waals surface area (Å²) < 4.78 is 0. The largest absolute Gasteiger partial charge is 1.00 e. The Kier molecular flexibility index (Phi) is 31.2. The van der Waals surface area contributed by atoms with Crippen molar-refractivity contribution in [2.24, 2.45) is 5.34 Å². The summed E-state index contributed by atoms with van der Waals surface area (Å²) in [5.74, 6) is 0. The number of nitrogens with zero attached hydrogens (tertiary/aromatic N) is 1. The van der Waals surface area contributed by atoms with E-state index in [9.17, 15) is 0 Å². The average Bonchev–Trinajstić information content (AvgIpc) is 1.33. The molecule has 0 aromatic heterocycles. The molecule has 0 aliphatic rings. The van der Waals surface area contributed by atoms with Crippen LogP contribution in [0, 0.1) is 4.91 Å². The lowest BCUT2D eigenvalue weighted by Gasteiger charge is -1.88. The first kappa shape index (κ1) is 15.6. The van der Waals surface area contributed by atoms with E-state index in [1.165, 1.54) is 10.2 Å². The molecule has 0 amide bonds. The molecule has 0 saturated carbocycles. The van der Waals surface area contributed by atoms with E-state index in [1.54, 1.807) is 0 Å². The summed E-state index contributed by atoms with van der Waals surface area (Å²) in [6.07, 6.45) is 0. The number of rotatable bonds is 0. The Balaban J connectivity index is -0.0000000575. The molecular formula is C3H11ClN2O2. The third-order valence-corrected chi connectivity index (χ3v) is 0. The van der Waals surface area contributed by atoms with Gasteiger partial charge in [-0.1, -0.05) is 0 Å². The minimum Gasteiger partial charge on any atom is -1.00 e. The summed E-state index contributed by atoms with van der Waals surface area (Å²) in [6.45, 7) is 0. The first-order valence-corrected chi connectivity index (χ1v) is 1.88. The Morgan fingerprint density at radius 1 is 1.38 bits per heavy atom. The predicted molar refractivity (Wildman–Crippen MR) is 26.3 cm³/mol. The van der Waals surface area contributed by atoms with Gasteiger partial charge in [0.1, 0.15) is 0 Å². The molecule has 0 saturated heterocycles. The number of quaternary nitrogens is 1. The van der Waals surface area contributed by atoms with Crippen molar-refractivity contribution < 1.29 is 22.5 Å². The summed E-state index contributed by atoms with van der Waals surface area (Å²) in [6, 6.07) is 0. The SMILES string of the molecule is C[NH+](C)C.O=NO.[Cl-].